The number of ether oxygens (including phenoxy) is 1. The number of carbonyl (C=O) groups is 1. The fourth-order valence-corrected chi connectivity index (χ4v) is 2.30. The number of nitrogens with zero attached hydrogens (tertiary/aromatic N) is 3. The van der Waals surface area contributed by atoms with Gasteiger partial charge in [-0.05, 0) is 25.7 Å². The molecule has 1 fully saturated rings. The molecule has 0 radical (unpaired) electrons. The third-order valence-corrected chi connectivity index (χ3v) is 3.21. The zero-order chi connectivity index (χ0) is 13.0. The van der Waals surface area contributed by atoms with Crippen molar-refractivity contribution in [2.45, 2.75) is 51.7 Å². The molecule has 100 valence electrons. The molecule has 2 rings (SSSR count). The molecule has 18 heavy (non-hydrogen) atoms. The summed E-state index contributed by atoms with van der Waals surface area (Å²) < 4.78 is 7.27. The average molecular weight is 253 g/mol. The molecule has 6 nitrogen and oxygen atoms in total. The Bertz CT molecular complexity index is 411. The van der Waals surface area contributed by atoms with Crippen molar-refractivity contribution in [3.8, 4) is 0 Å². The lowest BCUT2D eigenvalue weighted by molar-refractivity contribution is 0.0689. The molecule has 2 heterocycles. The molecule has 1 aromatic heterocycles. The van der Waals surface area contributed by atoms with Crippen LogP contribution in [-0.4, -0.2) is 38.8 Å². The smallest absolute Gasteiger partial charge is 0.358 e. The Morgan fingerprint density at radius 2 is 2.44 bits per heavy atom. The molecule has 1 saturated heterocycles. The first-order chi connectivity index (χ1) is 8.72. The molecule has 1 aliphatic heterocycles. The highest BCUT2D eigenvalue weighted by atomic mass is 16.5. The van der Waals surface area contributed by atoms with E-state index in [1.165, 1.54) is 0 Å². The summed E-state index contributed by atoms with van der Waals surface area (Å²) in [6.45, 7) is 3.54. The summed E-state index contributed by atoms with van der Waals surface area (Å²) in [4.78, 5) is 11.0. The maximum atomic E-state index is 11.0. The van der Waals surface area contributed by atoms with Gasteiger partial charge in [-0.2, -0.15) is 0 Å². The van der Waals surface area contributed by atoms with E-state index in [0.717, 1.165) is 38.0 Å². The van der Waals surface area contributed by atoms with Gasteiger partial charge in [0.05, 0.1) is 11.8 Å². The van der Waals surface area contributed by atoms with E-state index in [2.05, 4.69) is 10.3 Å². The van der Waals surface area contributed by atoms with Gasteiger partial charge >= 0.3 is 5.97 Å². The fraction of sp³-hybridized carbons (Fsp3) is 0.750. The Hall–Kier alpha value is -1.43. The van der Waals surface area contributed by atoms with Crippen LogP contribution in [0.1, 0.15) is 48.8 Å². The van der Waals surface area contributed by atoms with Gasteiger partial charge in [0.25, 0.3) is 0 Å². The van der Waals surface area contributed by atoms with Crippen LogP contribution in [0.4, 0.5) is 0 Å². The van der Waals surface area contributed by atoms with Crippen LogP contribution in [0.25, 0.3) is 0 Å². The summed E-state index contributed by atoms with van der Waals surface area (Å²) in [7, 11) is 0. The summed E-state index contributed by atoms with van der Waals surface area (Å²) in [5, 5.41) is 16.7. The molecule has 0 spiro atoms. The first kappa shape index (κ1) is 13.0. The van der Waals surface area contributed by atoms with E-state index in [0.29, 0.717) is 13.0 Å². The Labute approximate surface area is 106 Å². The van der Waals surface area contributed by atoms with Gasteiger partial charge in [-0.1, -0.05) is 18.6 Å². The van der Waals surface area contributed by atoms with Gasteiger partial charge in [-0.25, -0.2) is 9.48 Å². The van der Waals surface area contributed by atoms with Crippen molar-refractivity contribution in [3.63, 3.8) is 0 Å². The zero-order valence-corrected chi connectivity index (χ0v) is 10.6. The second-order valence-electron chi connectivity index (χ2n) is 4.59. The Kier molecular flexibility index (Phi) is 4.30. The van der Waals surface area contributed by atoms with E-state index in [1.54, 1.807) is 4.68 Å². The number of rotatable bonds is 6. The van der Waals surface area contributed by atoms with Crippen LogP contribution in [0, 0.1) is 0 Å². The Morgan fingerprint density at radius 3 is 3.06 bits per heavy atom. The maximum Gasteiger partial charge on any atom is 0.358 e. The summed E-state index contributed by atoms with van der Waals surface area (Å²) in [6, 6.07) is 0. The lowest BCUT2D eigenvalue weighted by atomic mass is 10.1. The van der Waals surface area contributed by atoms with Crippen LogP contribution in [0.5, 0.6) is 0 Å². The minimum atomic E-state index is -0.998. The normalized spacial score (nSPS) is 19.3. The number of carboxylic acids is 1. The Balaban J connectivity index is 2.04. The van der Waals surface area contributed by atoms with E-state index >= 15 is 0 Å². The highest BCUT2D eigenvalue weighted by molar-refractivity contribution is 5.86. The highest BCUT2D eigenvalue weighted by Gasteiger charge is 2.20. The molecule has 1 aromatic rings. The van der Waals surface area contributed by atoms with Gasteiger partial charge in [0.2, 0.25) is 0 Å². The third kappa shape index (κ3) is 2.87. The molecule has 0 aromatic carbocycles. The molecule has 0 bridgehead atoms. The van der Waals surface area contributed by atoms with E-state index in [1.807, 2.05) is 6.92 Å². The van der Waals surface area contributed by atoms with Crippen molar-refractivity contribution in [2.75, 3.05) is 6.61 Å². The van der Waals surface area contributed by atoms with Crippen LogP contribution in [0.15, 0.2) is 0 Å². The number of aryl methyl sites for hydroxylation is 1. The lowest BCUT2D eigenvalue weighted by Gasteiger charge is -2.10. The van der Waals surface area contributed by atoms with Gasteiger partial charge in [0.15, 0.2) is 5.69 Å². The van der Waals surface area contributed by atoms with Crippen molar-refractivity contribution >= 4 is 5.97 Å². The van der Waals surface area contributed by atoms with Crippen molar-refractivity contribution in [2.24, 2.45) is 0 Å². The van der Waals surface area contributed by atoms with Crippen LogP contribution in [-0.2, 0) is 17.7 Å². The zero-order valence-electron chi connectivity index (χ0n) is 10.6. The van der Waals surface area contributed by atoms with Crippen LogP contribution in [0.2, 0.25) is 0 Å². The minimum Gasteiger partial charge on any atom is -0.476 e. The summed E-state index contributed by atoms with van der Waals surface area (Å²) in [5.74, 6) is -0.998. The topological polar surface area (TPSA) is 77.2 Å². The van der Waals surface area contributed by atoms with Crippen molar-refractivity contribution in [3.05, 3.63) is 11.4 Å². The largest absolute Gasteiger partial charge is 0.476 e. The molecule has 0 aliphatic carbocycles. The third-order valence-electron chi connectivity index (χ3n) is 3.21. The SMILES string of the molecule is CCCc1c(C(=O)O)nnn1CCC1CCCO1. The molecule has 6 heteroatoms. The first-order valence-corrected chi connectivity index (χ1v) is 6.49. The predicted octanol–water partition coefficient (Wildman–Crippen LogP) is 1.50. The number of carboxylic acid groups (broad SMARTS) is 1. The van der Waals surface area contributed by atoms with Gasteiger partial charge in [-0.3, -0.25) is 0 Å². The molecule has 0 saturated carbocycles. The summed E-state index contributed by atoms with van der Waals surface area (Å²) in [6.07, 6.45) is 4.94. The monoisotopic (exact) mass is 253 g/mol. The maximum absolute atomic E-state index is 11.0. The molecule has 0 amide bonds. The molecule has 1 atom stereocenters. The summed E-state index contributed by atoms with van der Waals surface area (Å²) >= 11 is 0. The number of hydrogen-bond acceptors (Lipinski definition) is 4. The van der Waals surface area contributed by atoms with Gasteiger partial charge in [-0.15, -0.1) is 5.10 Å². The van der Waals surface area contributed by atoms with Gasteiger partial charge in [0.1, 0.15) is 0 Å². The van der Waals surface area contributed by atoms with E-state index in [9.17, 15) is 4.79 Å². The van der Waals surface area contributed by atoms with Crippen molar-refractivity contribution in [1.82, 2.24) is 15.0 Å². The second kappa shape index (κ2) is 5.95. The van der Waals surface area contributed by atoms with Crippen LogP contribution >= 0.6 is 0 Å². The molecular formula is C12H19N3O3. The Morgan fingerprint density at radius 1 is 1.61 bits per heavy atom. The minimum absolute atomic E-state index is 0.0872. The van der Waals surface area contributed by atoms with E-state index in [-0.39, 0.29) is 11.8 Å². The van der Waals surface area contributed by atoms with E-state index < -0.39 is 5.97 Å². The van der Waals surface area contributed by atoms with Crippen LogP contribution in [0.3, 0.4) is 0 Å². The highest BCUT2D eigenvalue weighted by Crippen LogP contribution is 2.17. The van der Waals surface area contributed by atoms with Crippen molar-refractivity contribution < 1.29 is 14.6 Å². The molecule has 1 aliphatic rings. The standard InChI is InChI=1S/C12H19N3O3/c1-2-4-10-11(12(16)17)13-14-15(10)7-6-9-5-3-8-18-9/h9H,2-8H2,1H3,(H,16,17). The number of aromatic nitrogens is 3. The number of aromatic carboxylic acids is 1. The first-order valence-electron chi connectivity index (χ1n) is 6.49. The molecule has 1 unspecified atom stereocenters. The lowest BCUT2D eigenvalue weighted by Crippen LogP contribution is -2.14. The van der Waals surface area contributed by atoms with Crippen molar-refractivity contribution in [1.29, 1.82) is 0 Å². The molecular weight excluding hydrogens is 234 g/mol. The van der Waals surface area contributed by atoms with Gasteiger partial charge in [0, 0.05) is 13.2 Å². The summed E-state index contributed by atoms with van der Waals surface area (Å²) in [5.41, 5.74) is 0.812. The predicted molar refractivity (Wildman–Crippen MR) is 64.6 cm³/mol. The quantitative estimate of drug-likeness (QED) is 0.831. The van der Waals surface area contributed by atoms with E-state index in [4.69, 9.17) is 9.84 Å². The second-order valence-corrected chi connectivity index (χ2v) is 4.59. The molecule has 1 N–H and O–H groups in total. The average Bonchev–Trinajstić information content (AvgIpc) is 2.95. The van der Waals surface area contributed by atoms with Gasteiger partial charge < -0.3 is 9.84 Å². The van der Waals surface area contributed by atoms with Crippen LogP contribution < -0.4 is 0 Å². The number of hydrogen-bond donors (Lipinski definition) is 1. The fourth-order valence-electron chi connectivity index (χ4n) is 2.30.